The standard InChI is InChI=1S/C18H27N3O3S/c1-25(23,24)20-11-5-9-16(14-20)19-18(22)21-12-6-10-17(21)13-15-7-3-2-4-8-15/h2-4,7-8,16-17H,5-6,9-14H2,1H3,(H,19,22). The number of nitrogens with one attached hydrogen (secondary N) is 1. The Hall–Kier alpha value is -1.60. The van der Waals surface area contributed by atoms with E-state index in [0.29, 0.717) is 13.1 Å². The van der Waals surface area contributed by atoms with E-state index in [-0.39, 0.29) is 18.1 Å². The maximum atomic E-state index is 12.7. The molecule has 2 saturated heterocycles. The molecule has 6 nitrogen and oxygen atoms in total. The third-order valence-corrected chi connectivity index (χ3v) is 6.40. The number of carbonyl (C=O) groups excluding carboxylic acids is 1. The van der Waals surface area contributed by atoms with Crippen molar-refractivity contribution in [3.63, 3.8) is 0 Å². The van der Waals surface area contributed by atoms with Gasteiger partial charge in [0.2, 0.25) is 10.0 Å². The topological polar surface area (TPSA) is 69.7 Å². The zero-order chi connectivity index (χ0) is 17.9. The highest BCUT2D eigenvalue weighted by Crippen LogP contribution is 2.22. The summed E-state index contributed by atoms with van der Waals surface area (Å²) in [5, 5.41) is 3.06. The first-order chi connectivity index (χ1) is 11.9. The number of piperidine rings is 1. The first-order valence-electron chi connectivity index (χ1n) is 8.99. The van der Waals surface area contributed by atoms with Gasteiger partial charge in [-0.2, -0.15) is 0 Å². The van der Waals surface area contributed by atoms with Crippen molar-refractivity contribution in [2.45, 2.75) is 44.2 Å². The number of sulfonamides is 1. The predicted molar refractivity (Wildman–Crippen MR) is 97.8 cm³/mol. The summed E-state index contributed by atoms with van der Waals surface area (Å²) >= 11 is 0. The van der Waals surface area contributed by atoms with Crippen molar-refractivity contribution in [3.8, 4) is 0 Å². The Labute approximate surface area is 150 Å². The van der Waals surface area contributed by atoms with Crippen LogP contribution in [-0.4, -0.2) is 61.6 Å². The Balaban J connectivity index is 1.58. The fraction of sp³-hybridized carbons (Fsp3) is 0.611. The summed E-state index contributed by atoms with van der Waals surface area (Å²) in [6, 6.07) is 10.3. The summed E-state index contributed by atoms with van der Waals surface area (Å²) in [5.41, 5.74) is 1.24. The average Bonchev–Trinajstić information content (AvgIpc) is 3.03. The van der Waals surface area contributed by atoms with Gasteiger partial charge in [0.15, 0.2) is 0 Å². The van der Waals surface area contributed by atoms with Crippen LogP contribution in [0.2, 0.25) is 0 Å². The number of carbonyl (C=O) groups is 1. The van der Waals surface area contributed by atoms with E-state index >= 15 is 0 Å². The van der Waals surface area contributed by atoms with Crippen LogP contribution in [0.25, 0.3) is 0 Å². The third kappa shape index (κ3) is 4.73. The zero-order valence-electron chi connectivity index (χ0n) is 14.7. The highest BCUT2D eigenvalue weighted by Gasteiger charge is 2.32. The number of rotatable bonds is 4. The second-order valence-corrected chi connectivity index (χ2v) is 9.07. The van der Waals surface area contributed by atoms with Crippen LogP contribution >= 0.6 is 0 Å². The Morgan fingerprint density at radius 3 is 2.60 bits per heavy atom. The average molecular weight is 365 g/mol. The largest absolute Gasteiger partial charge is 0.334 e. The number of likely N-dealkylation sites (tertiary alicyclic amines) is 1. The van der Waals surface area contributed by atoms with E-state index in [9.17, 15) is 13.2 Å². The summed E-state index contributed by atoms with van der Waals surface area (Å²) in [4.78, 5) is 14.6. The van der Waals surface area contributed by atoms with Gasteiger partial charge in [-0.1, -0.05) is 30.3 Å². The van der Waals surface area contributed by atoms with Crippen molar-refractivity contribution in [3.05, 3.63) is 35.9 Å². The van der Waals surface area contributed by atoms with Gasteiger partial charge in [-0.05, 0) is 37.7 Å². The SMILES string of the molecule is CS(=O)(=O)N1CCCC(NC(=O)N2CCCC2Cc2ccccc2)C1. The smallest absolute Gasteiger partial charge is 0.317 e. The number of benzene rings is 1. The van der Waals surface area contributed by atoms with E-state index in [1.807, 2.05) is 23.1 Å². The van der Waals surface area contributed by atoms with Crippen LogP contribution in [0, 0.1) is 0 Å². The van der Waals surface area contributed by atoms with Crippen LogP contribution in [0.5, 0.6) is 0 Å². The van der Waals surface area contributed by atoms with Crippen molar-refractivity contribution >= 4 is 16.1 Å². The van der Waals surface area contributed by atoms with Crippen LogP contribution in [0.4, 0.5) is 4.79 Å². The first kappa shape index (κ1) is 18.2. The predicted octanol–water partition coefficient (Wildman–Crippen LogP) is 1.83. The highest BCUT2D eigenvalue weighted by molar-refractivity contribution is 7.88. The quantitative estimate of drug-likeness (QED) is 0.885. The molecule has 7 heteroatoms. The lowest BCUT2D eigenvalue weighted by Crippen LogP contribution is -2.53. The van der Waals surface area contributed by atoms with E-state index in [2.05, 4.69) is 17.4 Å². The van der Waals surface area contributed by atoms with Gasteiger partial charge in [0.25, 0.3) is 0 Å². The van der Waals surface area contributed by atoms with Crippen molar-refractivity contribution in [1.82, 2.24) is 14.5 Å². The zero-order valence-corrected chi connectivity index (χ0v) is 15.5. The molecule has 2 amide bonds. The van der Waals surface area contributed by atoms with E-state index in [0.717, 1.165) is 38.6 Å². The minimum Gasteiger partial charge on any atom is -0.334 e. The molecule has 0 radical (unpaired) electrons. The molecule has 2 aliphatic heterocycles. The number of nitrogens with zero attached hydrogens (tertiary/aromatic N) is 2. The molecule has 2 atom stereocenters. The summed E-state index contributed by atoms with van der Waals surface area (Å²) in [6.45, 7) is 1.69. The van der Waals surface area contributed by atoms with Crippen LogP contribution in [0.3, 0.4) is 0 Å². The molecule has 138 valence electrons. The second-order valence-electron chi connectivity index (χ2n) is 7.09. The van der Waals surface area contributed by atoms with E-state index in [4.69, 9.17) is 0 Å². The van der Waals surface area contributed by atoms with Gasteiger partial charge >= 0.3 is 6.03 Å². The maximum absolute atomic E-state index is 12.7. The molecule has 3 rings (SSSR count). The normalized spacial score (nSPS) is 25.1. The Kier molecular flexibility index (Phi) is 5.64. The van der Waals surface area contributed by atoms with Gasteiger partial charge in [0.05, 0.1) is 6.26 Å². The number of hydrogen-bond acceptors (Lipinski definition) is 3. The van der Waals surface area contributed by atoms with E-state index in [1.54, 1.807) is 0 Å². The van der Waals surface area contributed by atoms with Crippen LogP contribution in [0.1, 0.15) is 31.2 Å². The van der Waals surface area contributed by atoms with Gasteiger partial charge in [-0.3, -0.25) is 0 Å². The number of hydrogen-bond donors (Lipinski definition) is 1. The molecule has 1 aromatic rings. The fourth-order valence-electron chi connectivity index (χ4n) is 3.82. The van der Waals surface area contributed by atoms with E-state index in [1.165, 1.54) is 16.1 Å². The molecule has 2 heterocycles. The van der Waals surface area contributed by atoms with Crippen molar-refractivity contribution < 1.29 is 13.2 Å². The molecule has 1 N–H and O–H groups in total. The lowest BCUT2D eigenvalue weighted by molar-refractivity contribution is 0.181. The van der Waals surface area contributed by atoms with Gasteiger partial charge in [-0.25, -0.2) is 17.5 Å². The van der Waals surface area contributed by atoms with Crippen LogP contribution in [-0.2, 0) is 16.4 Å². The molecule has 0 bridgehead atoms. The molecule has 0 aliphatic carbocycles. The van der Waals surface area contributed by atoms with E-state index < -0.39 is 10.0 Å². The molecule has 2 unspecified atom stereocenters. The van der Waals surface area contributed by atoms with Crippen LogP contribution < -0.4 is 5.32 Å². The fourth-order valence-corrected chi connectivity index (χ4v) is 4.73. The lowest BCUT2D eigenvalue weighted by atomic mass is 10.0. The molecule has 2 fully saturated rings. The molecule has 0 saturated carbocycles. The second kappa shape index (κ2) is 7.74. The van der Waals surface area contributed by atoms with Gasteiger partial charge < -0.3 is 10.2 Å². The molecule has 2 aliphatic rings. The Morgan fingerprint density at radius 1 is 1.16 bits per heavy atom. The van der Waals surface area contributed by atoms with Crippen LogP contribution in [0.15, 0.2) is 30.3 Å². The minimum absolute atomic E-state index is 0.0567. The number of urea groups is 1. The molecular weight excluding hydrogens is 338 g/mol. The monoisotopic (exact) mass is 365 g/mol. The van der Waals surface area contributed by atoms with Gasteiger partial charge in [0.1, 0.15) is 0 Å². The van der Waals surface area contributed by atoms with Crippen molar-refractivity contribution in [2.24, 2.45) is 0 Å². The molecular formula is C18H27N3O3S. The minimum atomic E-state index is -3.20. The molecule has 1 aromatic carbocycles. The van der Waals surface area contributed by atoms with Gasteiger partial charge in [0, 0.05) is 31.7 Å². The summed E-state index contributed by atoms with van der Waals surface area (Å²) < 4.78 is 24.9. The van der Waals surface area contributed by atoms with Crippen molar-refractivity contribution in [1.29, 1.82) is 0 Å². The van der Waals surface area contributed by atoms with Gasteiger partial charge in [-0.15, -0.1) is 0 Å². The maximum Gasteiger partial charge on any atom is 0.317 e. The van der Waals surface area contributed by atoms with Crippen molar-refractivity contribution in [2.75, 3.05) is 25.9 Å². The summed E-state index contributed by atoms with van der Waals surface area (Å²) in [6.07, 6.45) is 5.75. The first-order valence-corrected chi connectivity index (χ1v) is 10.8. The Morgan fingerprint density at radius 2 is 1.88 bits per heavy atom. The molecule has 25 heavy (non-hydrogen) atoms. The summed E-state index contributed by atoms with van der Waals surface area (Å²) in [7, 11) is -3.20. The third-order valence-electron chi connectivity index (χ3n) is 5.13. The Bertz CT molecular complexity index is 693. The number of amides is 2. The molecule has 0 spiro atoms. The summed E-state index contributed by atoms with van der Waals surface area (Å²) in [5.74, 6) is 0. The highest BCUT2D eigenvalue weighted by atomic mass is 32.2. The lowest BCUT2D eigenvalue weighted by Gasteiger charge is -2.33. The molecule has 0 aromatic heterocycles.